The second-order valence-electron chi connectivity index (χ2n) is 5.23. The molecule has 0 N–H and O–H groups in total. The Hall–Kier alpha value is -1.95. The molecule has 0 saturated carbocycles. The minimum Gasteiger partial charge on any atom is -0.334 e. The molecule has 0 aliphatic carbocycles. The normalized spacial score (nSPS) is 13.4. The van der Waals surface area contributed by atoms with Crippen molar-refractivity contribution in [1.29, 1.82) is 0 Å². The lowest BCUT2D eigenvalue weighted by Gasteiger charge is -2.29. The van der Waals surface area contributed by atoms with Crippen LogP contribution in [0.2, 0.25) is 10.0 Å². The minimum atomic E-state index is -0.0288. The molecule has 2 aromatic rings. The second-order valence-corrected chi connectivity index (χ2v) is 6.07. The van der Waals surface area contributed by atoms with Gasteiger partial charge in [0.25, 0.3) is 5.91 Å². The highest BCUT2D eigenvalue weighted by atomic mass is 35.5. The number of carbonyl (C=O) groups excluding carboxylic acids is 1. The highest BCUT2D eigenvalue weighted by molar-refractivity contribution is 6.35. The number of fused-ring (bicyclic) bond motifs is 1. The largest absolute Gasteiger partial charge is 0.334 e. The Balaban J connectivity index is 1.88. The monoisotopic (exact) mass is 329 g/mol. The SMILES string of the molecule is C#Cc1cccc(C(=O)N2CCc3c(Cl)cc(Cl)cc3C2)c1. The zero-order chi connectivity index (χ0) is 15.7. The lowest BCUT2D eigenvalue weighted by Crippen LogP contribution is -2.36. The van der Waals surface area contributed by atoms with Crippen molar-refractivity contribution in [1.82, 2.24) is 4.90 Å². The number of amides is 1. The third-order valence-electron chi connectivity index (χ3n) is 3.81. The summed E-state index contributed by atoms with van der Waals surface area (Å²) in [5.74, 6) is 2.52. The molecule has 0 aromatic heterocycles. The van der Waals surface area contributed by atoms with Gasteiger partial charge in [-0.3, -0.25) is 4.79 Å². The van der Waals surface area contributed by atoms with Gasteiger partial charge in [0.05, 0.1) is 0 Å². The van der Waals surface area contributed by atoms with Crippen LogP contribution < -0.4 is 0 Å². The Morgan fingerprint density at radius 1 is 1.23 bits per heavy atom. The quantitative estimate of drug-likeness (QED) is 0.719. The molecule has 0 radical (unpaired) electrons. The van der Waals surface area contributed by atoms with Gasteiger partial charge in [0.1, 0.15) is 0 Å². The zero-order valence-corrected chi connectivity index (χ0v) is 13.3. The molecule has 0 unspecified atom stereocenters. The Morgan fingerprint density at radius 3 is 2.82 bits per heavy atom. The first-order valence-corrected chi connectivity index (χ1v) is 7.67. The third kappa shape index (κ3) is 2.83. The van der Waals surface area contributed by atoms with Crippen molar-refractivity contribution < 1.29 is 4.79 Å². The third-order valence-corrected chi connectivity index (χ3v) is 4.36. The molecular weight excluding hydrogens is 317 g/mol. The zero-order valence-electron chi connectivity index (χ0n) is 11.8. The molecule has 0 spiro atoms. The lowest BCUT2D eigenvalue weighted by molar-refractivity contribution is 0.0734. The summed E-state index contributed by atoms with van der Waals surface area (Å²) >= 11 is 12.3. The first-order valence-electron chi connectivity index (χ1n) is 6.91. The predicted molar refractivity (Wildman–Crippen MR) is 89.3 cm³/mol. The van der Waals surface area contributed by atoms with Gasteiger partial charge in [0.2, 0.25) is 0 Å². The fourth-order valence-corrected chi connectivity index (χ4v) is 3.34. The van der Waals surface area contributed by atoms with E-state index in [2.05, 4.69) is 5.92 Å². The van der Waals surface area contributed by atoms with E-state index in [0.29, 0.717) is 34.3 Å². The van der Waals surface area contributed by atoms with E-state index in [1.165, 1.54) is 0 Å². The highest BCUT2D eigenvalue weighted by Gasteiger charge is 2.23. The van der Waals surface area contributed by atoms with Gasteiger partial charge in [-0.05, 0) is 47.9 Å². The van der Waals surface area contributed by atoms with Crippen molar-refractivity contribution in [2.24, 2.45) is 0 Å². The molecular formula is C18H13Cl2NO. The summed E-state index contributed by atoms with van der Waals surface area (Å²) < 4.78 is 0. The van der Waals surface area contributed by atoms with Crippen LogP contribution in [0.4, 0.5) is 0 Å². The maximum Gasteiger partial charge on any atom is 0.254 e. The van der Waals surface area contributed by atoms with Crippen LogP contribution in [-0.2, 0) is 13.0 Å². The van der Waals surface area contributed by atoms with E-state index in [1.54, 1.807) is 29.2 Å². The van der Waals surface area contributed by atoms with Crippen molar-refractivity contribution in [3.63, 3.8) is 0 Å². The molecule has 110 valence electrons. The fraction of sp³-hybridized carbons (Fsp3) is 0.167. The van der Waals surface area contributed by atoms with Gasteiger partial charge in [-0.1, -0.05) is 35.2 Å². The second kappa shape index (κ2) is 6.04. The topological polar surface area (TPSA) is 20.3 Å². The summed E-state index contributed by atoms with van der Waals surface area (Å²) in [5, 5.41) is 1.26. The average molecular weight is 330 g/mol. The van der Waals surface area contributed by atoms with Gasteiger partial charge in [-0.2, -0.15) is 0 Å². The van der Waals surface area contributed by atoms with E-state index in [4.69, 9.17) is 29.6 Å². The molecule has 0 bridgehead atoms. The van der Waals surface area contributed by atoms with Gasteiger partial charge in [0.15, 0.2) is 0 Å². The molecule has 1 aliphatic heterocycles. The van der Waals surface area contributed by atoms with E-state index >= 15 is 0 Å². The van der Waals surface area contributed by atoms with Gasteiger partial charge in [0, 0.05) is 34.3 Å². The first-order chi connectivity index (χ1) is 10.6. The van der Waals surface area contributed by atoms with Gasteiger partial charge >= 0.3 is 0 Å². The number of terminal acetylenes is 1. The summed E-state index contributed by atoms with van der Waals surface area (Å²) in [5.41, 5.74) is 3.39. The molecule has 0 atom stereocenters. The van der Waals surface area contributed by atoms with Crippen LogP contribution in [0.25, 0.3) is 0 Å². The standard InChI is InChI=1S/C18H13Cl2NO/c1-2-12-4-3-5-13(8-12)18(22)21-7-6-16-14(11-21)9-15(19)10-17(16)20/h1,3-5,8-10H,6-7,11H2. The molecule has 1 heterocycles. The maximum absolute atomic E-state index is 12.6. The first kappa shape index (κ1) is 15.0. The highest BCUT2D eigenvalue weighted by Crippen LogP contribution is 2.30. The summed E-state index contributed by atoms with van der Waals surface area (Å²) in [7, 11) is 0. The summed E-state index contributed by atoms with van der Waals surface area (Å²) in [6.45, 7) is 1.14. The lowest BCUT2D eigenvalue weighted by atomic mass is 9.99. The number of benzene rings is 2. The summed E-state index contributed by atoms with van der Waals surface area (Å²) in [6, 6.07) is 10.7. The van der Waals surface area contributed by atoms with E-state index < -0.39 is 0 Å². The van der Waals surface area contributed by atoms with Crippen molar-refractivity contribution in [3.05, 3.63) is 68.7 Å². The summed E-state index contributed by atoms with van der Waals surface area (Å²) in [6.07, 6.45) is 6.12. The minimum absolute atomic E-state index is 0.0288. The summed E-state index contributed by atoms with van der Waals surface area (Å²) in [4.78, 5) is 14.4. The molecule has 0 fully saturated rings. The van der Waals surface area contributed by atoms with E-state index in [0.717, 1.165) is 17.5 Å². The van der Waals surface area contributed by atoms with E-state index in [9.17, 15) is 4.79 Å². The fourth-order valence-electron chi connectivity index (χ4n) is 2.71. The van der Waals surface area contributed by atoms with Crippen LogP contribution in [0.3, 0.4) is 0 Å². The van der Waals surface area contributed by atoms with Crippen molar-refractivity contribution >= 4 is 29.1 Å². The average Bonchev–Trinajstić information content (AvgIpc) is 2.53. The van der Waals surface area contributed by atoms with Crippen LogP contribution >= 0.6 is 23.2 Å². The molecule has 3 rings (SSSR count). The van der Waals surface area contributed by atoms with Gasteiger partial charge in [-0.25, -0.2) is 0 Å². The van der Waals surface area contributed by atoms with Crippen LogP contribution in [-0.4, -0.2) is 17.4 Å². The molecule has 0 saturated heterocycles. The van der Waals surface area contributed by atoms with Crippen molar-refractivity contribution in [2.45, 2.75) is 13.0 Å². The predicted octanol–water partition coefficient (Wildman–Crippen LogP) is 4.17. The Kier molecular flexibility index (Phi) is 4.11. The number of rotatable bonds is 1. The number of halogens is 2. The Labute approximate surface area is 139 Å². The van der Waals surface area contributed by atoms with Crippen LogP contribution in [0.15, 0.2) is 36.4 Å². The molecule has 2 nitrogen and oxygen atoms in total. The number of nitrogens with zero attached hydrogens (tertiary/aromatic N) is 1. The Morgan fingerprint density at radius 2 is 2.05 bits per heavy atom. The maximum atomic E-state index is 12.6. The molecule has 22 heavy (non-hydrogen) atoms. The van der Waals surface area contributed by atoms with E-state index in [1.807, 2.05) is 12.1 Å². The number of hydrogen-bond donors (Lipinski definition) is 0. The van der Waals surface area contributed by atoms with Crippen LogP contribution in [0, 0.1) is 12.3 Å². The molecule has 1 amide bonds. The number of hydrogen-bond acceptors (Lipinski definition) is 1. The van der Waals surface area contributed by atoms with Crippen molar-refractivity contribution in [2.75, 3.05) is 6.54 Å². The van der Waals surface area contributed by atoms with Gasteiger partial charge < -0.3 is 4.90 Å². The smallest absolute Gasteiger partial charge is 0.254 e. The Bertz CT molecular complexity index is 792. The number of carbonyl (C=O) groups is 1. The van der Waals surface area contributed by atoms with Crippen LogP contribution in [0.1, 0.15) is 27.0 Å². The molecule has 4 heteroatoms. The van der Waals surface area contributed by atoms with Crippen LogP contribution in [0.5, 0.6) is 0 Å². The van der Waals surface area contributed by atoms with Crippen molar-refractivity contribution in [3.8, 4) is 12.3 Å². The van der Waals surface area contributed by atoms with E-state index in [-0.39, 0.29) is 5.91 Å². The van der Waals surface area contributed by atoms with Gasteiger partial charge in [-0.15, -0.1) is 6.42 Å². The molecule has 1 aliphatic rings. The molecule has 2 aromatic carbocycles.